The number of rotatable bonds is 2. The summed E-state index contributed by atoms with van der Waals surface area (Å²) < 4.78 is 27.9. The quantitative estimate of drug-likeness (QED) is 0.841. The highest BCUT2D eigenvalue weighted by atomic mass is 35.5. The summed E-state index contributed by atoms with van der Waals surface area (Å²) >= 11 is 6.97. The molecular weight excluding hydrogens is 314 g/mol. The Morgan fingerprint density at radius 1 is 1.25 bits per heavy atom. The van der Waals surface area contributed by atoms with Crippen LogP contribution in [0.4, 0.5) is 5.69 Å². The summed E-state index contributed by atoms with van der Waals surface area (Å²) in [5.41, 5.74) is 1.87. The van der Waals surface area contributed by atoms with Crippen LogP contribution >= 0.6 is 22.9 Å². The van der Waals surface area contributed by atoms with Crippen LogP contribution in [0.25, 0.3) is 0 Å². The van der Waals surface area contributed by atoms with Crippen LogP contribution in [-0.4, -0.2) is 15.0 Å². The summed E-state index contributed by atoms with van der Waals surface area (Å²) in [6.45, 7) is 2.58. The zero-order valence-corrected chi connectivity index (χ0v) is 13.3. The normalized spacial score (nSPS) is 18.9. The van der Waals surface area contributed by atoms with Gasteiger partial charge >= 0.3 is 0 Å². The van der Waals surface area contributed by atoms with Crippen molar-refractivity contribution in [3.8, 4) is 0 Å². The number of hydrogen-bond acceptors (Lipinski definition) is 3. The molecule has 3 rings (SSSR count). The second-order valence-electron chi connectivity index (χ2n) is 5.03. The van der Waals surface area contributed by atoms with Gasteiger partial charge in [0.05, 0.1) is 10.0 Å². The maximum Gasteiger partial charge on any atom is 0.273 e. The molecule has 20 heavy (non-hydrogen) atoms. The highest BCUT2D eigenvalue weighted by molar-refractivity contribution is 7.94. The van der Waals surface area contributed by atoms with Crippen LogP contribution in [0.2, 0.25) is 4.34 Å². The van der Waals surface area contributed by atoms with Gasteiger partial charge in [-0.1, -0.05) is 36.7 Å². The molecule has 1 aromatic heterocycles. The van der Waals surface area contributed by atoms with Gasteiger partial charge in [-0.25, -0.2) is 8.42 Å². The molecule has 1 unspecified atom stereocenters. The summed E-state index contributed by atoms with van der Waals surface area (Å²) in [6, 6.07) is 10.9. The van der Waals surface area contributed by atoms with Gasteiger partial charge in [0, 0.05) is 6.54 Å². The lowest BCUT2D eigenvalue weighted by Gasteiger charge is -2.33. The van der Waals surface area contributed by atoms with Crippen molar-refractivity contribution in [2.45, 2.75) is 17.6 Å². The van der Waals surface area contributed by atoms with E-state index in [1.807, 2.05) is 24.3 Å². The minimum absolute atomic E-state index is 0.298. The van der Waals surface area contributed by atoms with Crippen molar-refractivity contribution in [2.75, 3.05) is 10.8 Å². The van der Waals surface area contributed by atoms with Crippen LogP contribution in [0.5, 0.6) is 0 Å². The Labute approximate surface area is 127 Å². The van der Waals surface area contributed by atoms with Crippen molar-refractivity contribution in [3.05, 3.63) is 46.3 Å². The van der Waals surface area contributed by atoms with Crippen LogP contribution < -0.4 is 4.31 Å². The van der Waals surface area contributed by atoms with Crippen LogP contribution in [0, 0.1) is 5.92 Å². The lowest BCUT2D eigenvalue weighted by atomic mass is 9.96. The molecule has 0 saturated carbocycles. The molecule has 1 aromatic carbocycles. The first kappa shape index (κ1) is 13.9. The number of anilines is 1. The molecule has 0 N–H and O–H groups in total. The van der Waals surface area contributed by atoms with Gasteiger partial charge in [-0.3, -0.25) is 4.31 Å². The summed E-state index contributed by atoms with van der Waals surface area (Å²) in [7, 11) is -3.52. The van der Waals surface area contributed by atoms with Crippen molar-refractivity contribution in [2.24, 2.45) is 5.92 Å². The summed E-state index contributed by atoms with van der Waals surface area (Å²) in [5.74, 6) is 0.301. The van der Waals surface area contributed by atoms with Crippen molar-refractivity contribution >= 4 is 38.6 Å². The summed E-state index contributed by atoms with van der Waals surface area (Å²) in [4.78, 5) is 0. The first-order valence-electron chi connectivity index (χ1n) is 6.34. The number of thiophene rings is 1. The lowest BCUT2D eigenvalue weighted by molar-refractivity contribution is 0.546. The second-order valence-corrected chi connectivity index (χ2v) is 8.84. The SMILES string of the molecule is CC1Cc2ccccc2N(S(=O)(=O)c2ccc(Cl)s2)C1. The van der Waals surface area contributed by atoms with E-state index < -0.39 is 10.0 Å². The third-order valence-corrected chi connectivity index (χ3v) is 6.88. The average molecular weight is 328 g/mol. The van der Waals surface area contributed by atoms with Crippen molar-refractivity contribution < 1.29 is 8.42 Å². The highest BCUT2D eigenvalue weighted by Gasteiger charge is 2.32. The number of hydrogen-bond donors (Lipinski definition) is 0. The van der Waals surface area contributed by atoms with Gasteiger partial charge in [0.15, 0.2) is 0 Å². The fraction of sp³-hybridized carbons (Fsp3) is 0.286. The first-order valence-corrected chi connectivity index (χ1v) is 8.98. The van der Waals surface area contributed by atoms with E-state index in [1.165, 1.54) is 4.31 Å². The maximum atomic E-state index is 12.8. The molecule has 0 spiro atoms. The molecule has 0 aliphatic carbocycles. The van der Waals surface area contributed by atoms with Gasteiger partial charge in [-0.2, -0.15) is 0 Å². The Bertz CT molecular complexity index is 739. The van der Waals surface area contributed by atoms with Crippen LogP contribution in [0.1, 0.15) is 12.5 Å². The lowest BCUT2D eigenvalue weighted by Crippen LogP contribution is -2.38. The van der Waals surface area contributed by atoms with Gasteiger partial charge in [-0.05, 0) is 36.1 Å². The summed E-state index contributed by atoms with van der Waals surface area (Å²) in [6.07, 6.45) is 0.910. The summed E-state index contributed by atoms with van der Waals surface area (Å²) in [5, 5.41) is 0. The molecule has 1 aliphatic heterocycles. The fourth-order valence-corrected chi connectivity index (χ4v) is 5.74. The first-order chi connectivity index (χ1) is 9.48. The van der Waals surface area contributed by atoms with E-state index in [9.17, 15) is 8.42 Å². The van der Waals surface area contributed by atoms with Gasteiger partial charge in [0.25, 0.3) is 10.0 Å². The Hall–Kier alpha value is -1.04. The van der Waals surface area contributed by atoms with E-state index in [4.69, 9.17) is 11.6 Å². The average Bonchev–Trinajstić information content (AvgIpc) is 2.85. The molecule has 0 radical (unpaired) electrons. The van der Waals surface area contributed by atoms with Crippen LogP contribution in [-0.2, 0) is 16.4 Å². The van der Waals surface area contributed by atoms with Gasteiger partial charge in [0.2, 0.25) is 0 Å². The predicted molar refractivity (Wildman–Crippen MR) is 83.2 cm³/mol. The third-order valence-electron chi connectivity index (χ3n) is 3.40. The molecule has 106 valence electrons. The minimum atomic E-state index is -3.52. The molecule has 0 fully saturated rings. The fourth-order valence-electron chi connectivity index (χ4n) is 2.52. The standard InChI is InChI=1S/C14H14ClNO2S2/c1-10-8-11-4-2-3-5-12(11)16(9-10)20(17,18)14-7-6-13(15)19-14/h2-7,10H,8-9H2,1H3. The van der Waals surface area contributed by atoms with E-state index in [2.05, 4.69) is 6.92 Å². The van der Waals surface area contributed by atoms with Crippen LogP contribution in [0.15, 0.2) is 40.6 Å². The second kappa shape index (κ2) is 5.06. The van der Waals surface area contributed by atoms with E-state index in [-0.39, 0.29) is 0 Å². The minimum Gasteiger partial charge on any atom is -0.265 e. The molecule has 3 nitrogen and oxygen atoms in total. The molecule has 2 heterocycles. The number of sulfonamides is 1. The number of para-hydroxylation sites is 1. The Morgan fingerprint density at radius 2 is 2.00 bits per heavy atom. The molecular formula is C14H14ClNO2S2. The number of benzene rings is 1. The van der Waals surface area contributed by atoms with Crippen molar-refractivity contribution in [1.29, 1.82) is 0 Å². The smallest absolute Gasteiger partial charge is 0.265 e. The van der Waals surface area contributed by atoms with E-state index in [0.29, 0.717) is 21.0 Å². The van der Waals surface area contributed by atoms with E-state index in [0.717, 1.165) is 29.0 Å². The van der Waals surface area contributed by atoms with Crippen molar-refractivity contribution in [1.82, 2.24) is 0 Å². The molecule has 0 bridgehead atoms. The predicted octanol–water partition coefficient (Wildman–Crippen LogP) is 3.79. The maximum absolute atomic E-state index is 12.8. The van der Waals surface area contributed by atoms with Crippen LogP contribution in [0.3, 0.4) is 0 Å². The van der Waals surface area contributed by atoms with Crippen molar-refractivity contribution in [3.63, 3.8) is 0 Å². The van der Waals surface area contributed by atoms with E-state index >= 15 is 0 Å². The number of fused-ring (bicyclic) bond motifs is 1. The zero-order valence-electron chi connectivity index (χ0n) is 10.9. The Morgan fingerprint density at radius 3 is 2.70 bits per heavy atom. The van der Waals surface area contributed by atoms with Gasteiger partial charge in [0.1, 0.15) is 4.21 Å². The third kappa shape index (κ3) is 2.34. The molecule has 0 saturated heterocycles. The number of halogens is 1. The number of nitrogens with zero attached hydrogens (tertiary/aromatic N) is 1. The monoisotopic (exact) mass is 327 g/mol. The topological polar surface area (TPSA) is 37.4 Å². The molecule has 1 atom stereocenters. The highest BCUT2D eigenvalue weighted by Crippen LogP contribution is 2.36. The molecule has 0 amide bonds. The van der Waals surface area contributed by atoms with E-state index in [1.54, 1.807) is 12.1 Å². The Balaban J connectivity index is 2.10. The molecule has 1 aliphatic rings. The largest absolute Gasteiger partial charge is 0.273 e. The molecule has 2 aromatic rings. The van der Waals surface area contributed by atoms with Gasteiger partial charge < -0.3 is 0 Å². The molecule has 6 heteroatoms. The van der Waals surface area contributed by atoms with Gasteiger partial charge in [-0.15, -0.1) is 11.3 Å². The zero-order chi connectivity index (χ0) is 14.3. The Kier molecular flexibility index (Phi) is 3.52.